The van der Waals surface area contributed by atoms with Gasteiger partial charge in [0, 0.05) is 5.56 Å². The van der Waals surface area contributed by atoms with E-state index in [2.05, 4.69) is 0 Å². The highest BCUT2D eigenvalue weighted by Gasteiger charge is 2.24. The zero-order valence-electron chi connectivity index (χ0n) is 10.1. The van der Waals surface area contributed by atoms with Crippen LogP contribution in [-0.4, -0.2) is 23.1 Å². The van der Waals surface area contributed by atoms with Gasteiger partial charge in [-0.15, -0.1) is 0 Å². The Morgan fingerprint density at radius 2 is 2.12 bits per heavy atom. The fraction of sp³-hybridized carbons (Fsp3) is 0.500. The maximum atomic E-state index is 11.2. The molecule has 92 valence electrons. The van der Waals surface area contributed by atoms with Crippen LogP contribution >= 0.6 is 0 Å². The van der Waals surface area contributed by atoms with Crippen LogP contribution in [0, 0.1) is 0 Å². The molecule has 1 saturated carbocycles. The molecule has 3 nitrogen and oxygen atoms in total. The monoisotopic (exact) mass is 234 g/mol. The van der Waals surface area contributed by atoms with Crippen molar-refractivity contribution in [1.82, 2.24) is 0 Å². The van der Waals surface area contributed by atoms with Crippen molar-refractivity contribution >= 4 is 5.78 Å². The highest BCUT2D eigenvalue weighted by atomic mass is 16.5. The van der Waals surface area contributed by atoms with Crippen molar-refractivity contribution in [3.63, 3.8) is 0 Å². The van der Waals surface area contributed by atoms with Gasteiger partial charge in [0.15, 0.2) is 5.78 Å². The number of benzene rings is 1. The molecule has 0 aromatic heterocycles. The van der Waals surface area contributed by atoms with Crippen LogP contribution in [0.2, 0.25) is 0 Å². The van der Waals surface area contributed by atoms with E-state index in [4.69, 9.17) is 4.74 Å². The number of rotatable bonds is 3. The van der Waals surface area contributed by atoms with E-state index in [0.29, 0.717) is 11.3 Å². The molecule has 1 aliphatic carbocycles. The van der Waals surface area contributed by atoms with E-state index >= 15 is 0 Å². The van der Waals surface area contributed by atoms with Crippen molar-refractivity contribution in [2.45, 2.75) is 44.8 Å². The minimum absolute atomic E-state index is 0.0274. The molecule has 2 unspecified atom stereocenters. The number of aliphatic hydroxyl groups is 1. The maximum absolute atomic E-state index is 11.2. The normalized spacial score (nSPS) is 24.4. The lowest BCUT2D eigenvalue weighted by atomic mass is 9.95. The Morgan fingerprint density at radius 3 is 2.82 bits per heavy atom. The number of ketones is 1. The molecule has 1 aromatic rings. The summed E-state index contributed by atoms with van der Waals surface area (Å²) in [6.45, 7) is 1.54. The molecule has 1 aromatic carbocycles. The maximum Gasteiger partial charge on any atom is 0.159 e. The second-order valence-corrected chi connectivity index (χ2v) is 4.59. The molecule has 2 atom stereocenters. The predicted molar refractivity (Wildman–Crippen MR) is 65.3 cm³/mol. The summed E-state index contributed by atoms with van der Waals surface area (Å²) in [4.78, 5) is 11.2. The van der Waals surface area contributed by atoms with Crippen molar-refractivity contribution < 1.29 is 14.6 Å². The summed E-state index contributed by atoms with van der Waals surface area (Å²) in [5.41, 5.74) is 0.646. The van der Waals surface area contributed by atoms with E-state index in [9.17, 15) is 9.90 Å². The summed E-state index contributed by atoms with van der Waals surface area (Å²) < 4.78 is 5.76. The quantitative estimate of drug-likeness (QED) is 0.818. The van der Waals surface area contributed by atoms with Gasteiger partial charge in [0.2, 0.25) is 0 Å². The average molecular weight is 234 g/mol. The molecule has 0 amide bonds. The summed E-state index contributed by atoms with van der Waals surface area (Å²) in [5.74, 6) is 0.697. The van der Waals surface area contributed by atoms with Crippen molar-refractivity contribution in [1.29, 1.82) is 0 Å². The molecule has 3 heteroatoms. The number of aliphatic hydroxyl groups excluding tert-OH is 1. The van der Waals surface area contributed by atoms with Gasteiger partial charge in [0.05, 0.1) is 6.10 Å². The van der Waals surface area contributed by atoms with Crippen LogP contribution in [0.1, 0.15) is 43.0 Å². The van der Waals surface area contributed by atoms with E-state index in [0.717, 1.165) is 25.7 Å². The minimum Gasteiger partial charge on any atom is -0.488 e. The largest absolute Gasteiger partial charge is 0.488 e. The van der Waals surface area contributed by atoms with Gasteiger partial charge in [-0.25, -0.2) is 0 Å². The van der Waals surface area contributed by atoms with Crippen molar-refractivity contribution in [3.05, 3.63) is 29.8 Å². The molecule has 1 N–H and O–H groups in total. The summed E-state index contributed by atoms with van der Waals surface area (Å²) in [6.07, 6.45) is 3.32. The lowest BCUT2D eigenvalue weighted by Crippen LogP contribution is -2.34. The van der Waals surface area contributed by atoms with Gasteiger partial charge in [-0.1, -0.05) is 18.6 Å². The molecule has 2 rings (SSSR count). The van der Waals surface area contributed by atoms with Crippen molar-refractivity contribution in [2.24, 2.45) is 0 Å². The molecule has 1 fully saturated rings. The van der Waals surface area contributed by atoms with E-state index in [1.54, 1.807) is 18.2 Å². The van der Waals surface area contributed by atoms with Crippen molar-refractivity contribution in [2.75, 3.05) is 0 Å². The Labute approximate surface area is 101 Å². The zero-order valence-corrected chi connectivity index (χ0v) is 10.1. The molecule has 0 heterocycles. The molecule has 0 aliphatic heterocycles. The SMILES string of the molecule is CC(=O)c1cccc(OC2CCCCC2O)c1. The molecule has 17 heavy (non-hydrogen) atoms. The smallest absolute Gasteiger partial charge is 0.159 e. The first kappa shape index (κ1) is 12.1. The fourth-order valence-corrected chi connectivity index (χ4v) is 2.18. The summed E-state index contributed by atoms with van der Waals surface area (Å²) in [5, 5.41) is 9.82. The van der Waals surface area contributed by atoms with Crippen LogP contribution < -0.4 is 4.74 Å². The average Bonchev–Trinajstić information content (AvgIpc) is 2.32. The number of hydrogen-bond acceptors (Lipinski definition) is 3. The lowest BCUT2D eigenvalue weighted by Gasteiger charge is -2.28. The van der Waals surface area contributed by atoms with Crippen LogP contribution in [0.4, 0.5) is 0 Å². The van der Waals surface area contributed by atoms with E-state index in [1.807, 2.05) is 6.07 Å². The second kappa shape index (κ2) is 5.32. The fourth-order valence-electron chi connectivity index (χ4n) is 2.18. The van der Waals surface area contributed by atoms with Gasteiger partial charge in [-0.3, -0.25) is 4.79 Å². The lowest BCUT2D eigenvalue weighted by molar-refractivity contribution is 0.00685. The molecule has 1 aliphatic rings. The van der Waals surface area contributed by atoms with Gasteiger partial charge in [0.25, 0.3) is 0 Å². The molecule has 0 spiro atoms. The predicted octanol–water partition coefficient (Wildman–Crippen LogP) is 2.57. The molecule has 0 bridgehead atoms. The minimum atomic E-state index is -0.385. The van der Waals surface area contributed by atoms with Gasteiger partial charge in [-0.2, -0.15) is 0 Å². The standard InChI is InChI=1S/C14H18O3/c1-10(15)11-5-4-6-12(9-11)17-14-8-3-2-7-13(14)16/h4-6,9,13-14,16H,2-3,7-8H2,1H3. The Morgan fingerprint density at radius 1 is 1.35 bits per heavy atom. The third-order valence-electron chi connectivity index (χ3n) is 3.20. The van der Waals surface area contributed by atoms with Gasteiger partial charge >= 0.3 is 0 Å². The summed E-state index contributed by atoms with van der Waals surface area (Å²) >= 11 is 0. The third kappa shape index (κ3) is 3.07. The van der Waals surface area contributed by atoms with Crippen LogP contribution in [0.3, 0.4) is 0 Å². The molecule has 0 saturated heterocycles. The molecular formula is C14H18O3. The third-order valence-corrected chi connectivity index (χ3v) is 3.20. The number of carbonyl (C=O) groups is 1. The van der Waals surface area contributed by atoms with E-state index in [-0.39, 0.29) is 18.0 Å². The van der Waals surface area contributed by atoms with Gasteiger partial charge < -0.3 is 9.84 Å². The number of ether oxygens (including phenoxy) is 1. The van der Waals surface area contributed by atoms with Crippen LogP contribution in [0.15, 0.2) is 24.3 Å². The van der Waals surface area contributed by atoms with Crippen LogP contribution in [-0.2, 0) is 0 Å². The Bertz CT molecular complexity index is 400. The first-order valence-electron chi connectivity index (χ1n) is 6.12. The summed E-state index contributed by atoms with van der Waals surface area (Å²) in [7, 11) is 0. The van der Waals surface area contributed by atoms with E-state index in [1.165, 1.54) is 6.92 Å². The Hall–Kier alpha value is -1.35. The number of Topliss-reactive ketones (excluding diaryl/α,β-unsaturated/α-hetero) is 1. The highest BCUT2D eigenvalue weighted by molar-refractivity contribution is 5.94. The number of carbonyl (C=O) groups excluding carboxylic acids is 1. The van der Waals surface area contributed by atoms with Crippen molar-refractivity contribution in [3.8, 4) is 5.75 Å². The second-order valence-electron chi connectivity index (χ2n) is 4.59. The Balaban J connectivity index is 2.07. The van der Waals surface area contributed by atoms with Gasteiger partial charge in [-0.05, 0) is 38.3 Å². The first-order valence-corrected chi connectivity index (χ1v) is 6.12. The topological polar surface area (TPSA) is 46.5 Å². The van der Waals surface area contributed by atoms with Crippen LogP contribution in [0.25, 0.3) is 0 Å². The van der Waals surface area contributed by atoms with Gasteiger partial charge in [0.1, 0.15) is 11.9 Å². The van der Waals surface area contributed by atoms with E-state index < -0.39 is 0 Å². The molecular weight excluding hydrogens is 216 g/mol. The first-order chi connectivity index (χ1) is 8.16. The highest BCUT2D eigenvalue weighted by Crippen LogP contribution is 2.24. The zero-order chi connectivity index (χ0) is 12.3. The summed E-state index contributed by atoms with van der Waals surface area (Å²) in [6, 6.07) is 7.14. The number of hydrogen-bond donors (Lipinski definition) is 1. The molecule has 0 radical (unpaired) electrons. The van der Waals surface area contributed by atoms with Crippen LogP contribution in [0.5, 0.6) is 5.75 Å². The Kier molecular flexibility index (Phi) is 3.79.